The normalized spacial score (nSPS) is 10.6. The Bertz CT molecular complexity index is 320. The molecule has 0 atom stereocenters. The summed E-state index contributed by atoms with van der Waals surface area (Å²) >= 11 is 0. The SMILES string of the molecule is CCCn1nccc1C(=O)CCCCCN. The van der Waals surface area contributed by atoms with Crippen molar-refractivity contribution in [3.05, 3.63) is 18.0 Å². The number of hydrogen-bond acceptors (Lipinski definition) is 3. The van der Waals surface area contributed by atoms with Crippen LogP contribution in [-0.2, 0) is 6.54 Å². The highest BCUT2D eigenvalue weighted by Gasteiger charge is 2.10. The van der Waals surface area contributed by atoms with Crippen LogP contribution in [0.1, 0.15) is 49.5 Å². The second-order valence-electron chi connectivity index (χ2n) is 3.96. The molecule has 0 fully saturated rings. The van der Waals surface area contributed by atoms with Crippen LogP contribution < -0.4 is 5.73 Å². The van der Waals surface area contributed by atoms with Crippen LogP contribution in [0.5, 0.6) is 0 Å². The fraction of sp³-hybridized carbons (Fsp3) is 0.667. The second-order valence-corrected chi connectivity index (χ2v) is 3.96. The molecule has 0 saturated carbocycles. The lowest BCUT2D eigenvalue weighted by Crippen LogP contribution is -2.10. The summed E-state index contributed by atoms with van der Waals surface area (Å²) in [6.45, 7) is 3.61. The van der Waals surface area contributed by atoms with E-state index in [-0.39, 0.29) is 5.78 Å². The smallest absolute Gasteiger partial charge is 0.180 e. The predicted molar refractivity (Wildman–Crippen MR) is 64.4 cm³/mol. The summed E-state index contributed by atoms with van der Waals surface area (Å²) in [4.78, 5) is 11.9. The van der Waals surface area contributed by atoms with Gasteiger partial charge in [-0.25, -0.2) is 0 Å². The number of carbonyl (C=O) groups excluding carboxylic acids is 1. The van der Waals surface area contributed by atoms with E-state index in [0.29, 0.717) is 13.0 Å². The van der Waals surface area contributed by atoms with Crippen molar-refractivity contribution in [1.29, 1.82) is 0 Å². The van der Waals surface area contributed by atoms with Gasteiger partial charge in [0.05, 0.1) is 0 Å². The van der Waals surface area contributed by atoms with Gasteiger partial charge in [-0.15, -0.1) is 0 Å². The van der Waals surface area contributed by atoms with Crippen LogP contribution in [0.3, 0.4) is 0 Å². The zero-order valence-corrected chi connectivity index (χ0v) is 9.98. The number of hydrogen-bond donors (Lipinski definition) is 1. The molecule has 0 aliphatic heterocycles. The number of unbranched alkanes of at least 4 members (excludes halogenated alkanes) is 2. The number of carbonyl (C=O) groups is 1. The van der Waals surface area contributed by atoms with Crippen molar-refractivity contribution in [1.82, 2.24) is 9.78 Å². The minimum Gasteiger partial charge on any atom is -0.330 e. The van der Waals surface area contributed by atoms with Gasteiger partial charge in [0.1, 0.15) is 5.69 Å². The highest BCUT2D eigenvalue weighted by atomic mass is 16.1. The third-order valence-corrected chi connectivity index (χ3v) is 2.55. The van der Waals surface area contributed by atoms with E-state index >= 15 is 0 Å². The Kier molecular flexibility index (Phi) is 5.78. The maximum Gasteiger partial charge on any atom is 0.180 e. The fourth-order valence-corrected chi connectivity index (χ4v) is 1.69. The van der Waals surface area contributed by atoms with Gasteiger partial charge >= 0.3 is 0 Å². The van der Waals surface area contributed by atoms with Crippen molar-refractivity contribution in [2.24, 2.45) is 5.73 Å². The number of Topliss-reactive ketones (excluding diaryl/α,β-unsaturated/α-hetero) is 1. The predicted octanol–water partition coefficient (Wildman–Crippen LogP) is 1.99. The van der Waals surface area contributed by atoms with Crippen molar-refractivity contribution >= 4 is 5.78 Å². The van der Waals surface area contributed by atoms with Crippen LogP contribution in [0.4, 0.5) is 0 Å². The Morgan fingerprint density at radius 2 is 2.25 bits per heavy atom. The number of aromatic nitrogens is 2. The Hall–Kier alpha value is -1.16. The molecule has 1 rings (SSSR count). The lowest BCUT2D eigenvalue weighted by atomic mass is 10.1. The summed E-state index contributed by atoms with van der Waals surface area (Å²) in [5.74, 6) is 0.197. The van der Waals surface area contributed by atoms with Crippen LogP contribution in [0.2, 0.25) is 0 Å². The van der Waals surface area contributed by atoms with Crippen molar-refractivity contribution in [2.45, 2.75) is 45.6 Å². The highest BCUT2D eigenvalue weighted by molar-refractivity contribution is 5.94. The molecule has 4 heteroatoms. The summed E-state index contributed by atoms with van der Waals surface area (Å²) < 4.78 is 1.80. The van der Waals surface area contributed by atoms with Gasteiger partial charge in [-0.2, -0.15) is 5.10 Å². The first-order valence-electron chi connectivity index (χ1n) is 6.04. The molecule has 2 N–H and O–H groups in total. The molecular weight excluding hydrogens is 202 g/mol. The summed E-state index contributed by atoms with van der Waals surface area (Å²) in [7, 11) is 0. The summed E-state index contributed by atoms with van der Waals surface area (Å²) in [5.41, 5.74) is 6.15. The van der Waals surface area contributed by atoms with E-state index < -0.39 is 0 Å². The Labute approximate surface area is 96.8 Å². The minimum atomic E-state index is 0.197. The van der Waals surface area contributed by atoms with Gasteiger partial charge in [0.25, 0.3) is 0 Å². The van der Waals surface area contributed by atoms with E-state index in [9.17, 15) is 4.79 Å². The van der Waals surface area contributed by atoms with Gasteiger partial charge in [0.15, 0.2) is 5.78 Å². The van der Waals surface area contributed by atoms with Crippen molar-refractivity contribution in [2.75, 3.05) is 6.54 Å². The van der Waals surface area contributed by atoms with E-state index in [1.807, 2.05) is 0 Å². The molecule has 1 heterocycles. The number of nitrogens with two attached hydrogens (primary N) is 1. The van der Waals surface area contributed by atoms with Gasteiger partial charge in [-0.1, -0.05) is 13.3 Å². The van der Waals surface area contributed by atoms with Crippen LogP contribution in [0.25, 0.3) is 0 Å². The first-order valence-corrected chi connectivity index (χ1v) is 6.04. The van der Waals surface area contributed by atoms with E-state index in [1.54, 1.807) is 16.9 Å². The quantitative estimate of drug-likeness (QED) is 0.541. The number of nitrogens with zero attached hydrogens (tertiary/aromatic N) is 2. The van der Waals surface area contributed by atoms with Crippen LogP contribution in [-0.4, -0.2) is 22.1 Å². The largest absolute Gasteiger partial charge is 0.330 e. The van der Waals surface area contributed by atoms with E-state index in [0.717, 1.165) is 37.9 Å². The summed E-state index contributed by atoms with van der Waals surface area (Å²) in [5, 5.41) is 4.15. The first-order chi connectivity index (χ1) is 7.79. The van der Waals surface area contributed by atoms with Gasteiger partial charge in [0, 0.05) is 19.2 Å². The average molecular weight is 223 g/mol. The minimum absolute atomic E-state index is 0.197. The molecule has 0 saturated heterocycles. The van der Waals surface area contributed by atoms with Crippen molar-refractivity contribution in [3.63, 3.8) is 0 Å². The Balaban J connectivity index is 2.42. The van der Waals surface area contributed by atoms with Crippen LogP contribution in [0.15, 0.2) is 12.3 Å². The molecule has 0 aliphatic rings. The molecular formula is C12H21N3O. The third-order valence-electron chi connectivity index (χ3n) is 2.55. The highest BCUT2D eigenvalue weighted by Crippen LogP contribution is 2.08. The molecule has 1 aromatic heterocycles. The molecule has 90 valence electrons. The van der Waals surface area contributed by atoms with Crippen LogP contribution >= 0.6 is 0 Å². The molecule has 0 amide bonds. The number of rotatable bonds is 8. The summed E-state index contributed by atoms with van der Waals surface area (Å²) in [6.07, 6.45) is 6.26. The first kappa shape index (κ1) is 12.9. The molecule has 0 bridgehead atoms. The van der Waals surface area contributed by atoms with E-state index in [2.05, 4.69) is 12.0 Å². The summed E-state index contributed by atoms with van der Waals surface area (Å²) in [6, 6.07) is 1.81. The van der Waals surface area contributed by atoms with Crippen LogP contribution in [0, 0.1) is 0 Å². The molecule has 0 aliphatic carbocycles. The standard InChI is InChI=1S/C12H21N3O/c1-2-10-15-11(7-9-14-15)12(16)6-4-3-5-8-13/h7,9H,2-6,8,10,13H2,1H3. The van der Waals surface area contributed by atoms with Gasteiger partial charge in [-0.05, 0) is 31.9 Å². The molecule has 1 aromatic rings. The molecule has 4 nitrogen and oxygen atoms in total. The van der Waals surface area contributed by atoms with E-state index in [1.165, 1.54) is 0 Å². The topological polar surface area (TPSA) is 60.9 Å². The fourth-order valence-electron chi connectivity index (χ4n) is 1.69. The molecule has 0 radical (unpaired) electrons. The molecule has 0 spiro atoms. The third kappa shape index (κ3) is 3.77. The average Bonchev–Trinajstić information content (AvgIpc) is 2.73. The van der Waals surface area contributed by atoms with E-state index in [4.69, 9.17) is 5.73 Å². The van der Waals surface area contributed by atoms with Crippen molar-refractivity contribution < 1.29 is 4.79 Å². The second kappa shape index (κ2) is 7.17. The Morgan fingerprint density at radius 3 is 2.94 bits per heavy atom. The molecule has 0 aromatic carbocycles. The lowest BCUT2D eigenvalue weighted by molar-refractivity contribution is 0.0968. The lowest BCUT2D eigenvalue weighted by Gasteiger charge is -2.04. The maximum absolute atomic E-state index is 11.9. The number of ketones is 1. The van der Waals surface area contributed by atoms with Gasteiger partial charge < -0.3 is 5.73 Å². The zero-order chi connectivity index (χ0) is 11.8. The monoisotopic (exact) mass is 223 g/mol. The maximum atomic E-state index is 11.9. The molecule has 0 unspecified atom stereocenters. The van der Waals surface area contributed by atoms with Gasteiger partial charge in [0.2, 0.25) is 0 Å². The van der Waals surface area contributed by atoms with Crippen molar-refractivity contribution in [3.8, 4) is 0 Å². The zero-order valence-electron chi connectivity index (χ0n) is 9.98. The number of aryl methyl sites for hydroxylation is 1. The molecule has 16 heavy (non-hydrogen) atoms. The Morgan fingerprint density at radius 1 is 1.44 bits per heavy atom. The van der Waals surface area contributed by atoms with Gasteiger partial charge in [-0.3, -0.25) is 9.48 Å².